The molecule has 1 aliphatic rings. The van der Waals surface area contributed by atoms with Crippen molar-refractivity contribution in [3.8, 4) is 11.5 Å². The van der Waals surface area contributed by atoms with E-state index in [1.807, 2.05) is 30.3 Å². The van der Waals surface area contributed by atoms with Gasteiger partial charge in [-0.2, -0.15) is 0 Å². The maximum absolute atomic E-state index is 11.8. The van der Waals surface area contributed by atoms with Crippen LogP contribution in [0.2, 0.25) is 0 Å². The average Bonchev–Trinajstić information content (AvgIpc) is 2.53. The van der Waals surface area contributed by atoms with Gasteiger partial charge in [0, 0.05) is 0 Å². The summed E-state index contributed by atoms with van der Waals surface area (Å²) in [5.74, 6) is 1.05. The molecule has 1 aliphatic heterocycles. The highest BCUT2D eigenvalue weighted by Gasteiger charge is 2.22. The van der Waals surface area contributed by atoms with Gasteiger partial charge in [-0.25, -0.2) is 4.79 Å². The van der Waals surface area contributed by atoms with E-state index in [2.05, 4.69) is 0 Å². The first-order chi connectivity index (χ1) is 9.83. The summed E-state index contributed by atoms with van der Waals surface area (Å²) in [6, 6.07) is 16.3. The molecule has 20 heavy (non-hydrogen) atoms. The summed E-state index contributed by atoms with van der Waals surface area (Å²) in [5.41, 5.74) is 0.532. The molecule has 0 spiro atoms. The monoisotopic (exact) mass is 270 g/mol. The third kappa shape index (κ3) is 2.74. The molecule has 0 unspecified atom stereocenters. The van der Waals surface area contributed by atoms with Gasteiger partial charge in [0.2, 0.25) is 0 Å². The highest BCUT2D eigenvalue weighted by atomic mass is 16.6. The molecule has 2 aromatic rings. The summed E-state index contributed by atoms with van der Waals surface area (Å²) in [6.07, 6.45) is -0.280. The summed E-state index contributed by atoms with van der Waals surface area (Å²) >= 11 is 0. The smallest absolute Gasteiger partial charge is 0.338 e. The van der Waals surface area contributed by atoms with Crippen LogP contribution in [0.4, 0.5) is 0 Å². The van der Waals surface area contributed by atoms with Crippen molar-refractivity contribution in [1.29, 1.82) is 0 Å². The molecule has 0 amide bonds. The van der Waals surface area contributed by atoms with Crippen LogP contribution in [0, 0.1) is 0 Å². The number of carbonyl (C=O) groups is 1. The molecule has 3 rings (SSSR count). The number of ether oxygens (including phenoxy) is 3. The minimum Gasteiger partial charge on any atom is -0.486 e. The molecule has 4 nitrogen and oxygen atoms in total. The van der Waals surface area contributed by atoms with Gasteiger partial charge in [0.1, 0.15) is 13.2 Å². The fourth-order valence-corrected chi connectivity index (χ4v) is 1.97. The van der Waals surface area contributed by atoms with Crippen LogP contribution in [0.15, 0.2) is 54.6 Å². The Morgan fingerprint density at radius 2 is 1.75 bits per heavy atom. The van der Waals surface area contributed by atoms with Crippen molar-refractivity contribution in [3.05, 3.63) is 60.2 Å². The van der Waals surface area contributed by atoms with Crippen molar-refractivity contribution in [2.24, 2.45) is 0 Å². The van der Waals surface area contributed by atoms with E-state index in [1.165, 1.54) is 0 Å². The Kier molecular flexibility index (Phi) is 3.54. The molecule has 0 bridgehead atoms. The van der Waals surface area contributed by atoms with E-state index in [9.17, 15) is 4.79 Å². The summed E-state index contributed by atoms with van der Waals surface area (Å²) in [6.45, 7) is 0.543. The van der Waals surface area contributed by atoms with E-state index in [-0.39, 0.29) is 18.7 Å². The van der Waals surface area contributed by atoms with Crippen LogP contribution in [0.25, 0.3) is 0 Å². The zero-order valence-electron chi connectivity index (χ0n) is 10.8. The van der Waals surface area contributed by atoms with Crippen molar-refractivity contribution in [1.82, 2.24) is 0 Å². The van der Waals surface area contributed by atoms with Crippen LogP contribution in [-0.4, -0.2) is 25.3 Å². The number of rotatable bonds is 3. The Bertz CT molecular complexity index is 594. The molecular formula is C16H14O4. The predicted molar refractivity (Wildman–Crippen MR) is 73.1 cm³/mol. The summed E-state index contributed by atoms with van der Waals surface area (Å²) in [4.78, 5) is 11.8. The number of esters is 1. The number of carbonyl (C=O) groups excluding carboxylic acids is 1. The van der Waals surface area contributed by atoms with Crippen LogP contribution in [0.5, 0.6) is 11.5 Å². The normalized spacial score (nSPS) is 16.5. The van der Waals surface area contributed by atoms with Gasteiger partial charge in [-0.15, -0.1) is 0 Å². The second kappa shape index (κ2) is 5.65. The van der Waals surface area contributed by atoms with Crippen LogP contribution < -0.4 is 9.47 Å². The molecule has 102 valence electrons. The lowest BCUT2D eigenvalue weighted by Crippen LogP contribution is -2.34. The van der Waals surface area contributed by atoms with Gasteiger partial charge >= 0.3 is 5.97 Å². The van der Waals surface area contributed by atoms with Gasteiger partial charge in [-0.1, -0.05) is 30.3 Å². The molecule has 0 radical (unpaired) electrons. The first-order valence-electron chi connectivity index (χ1n) is 6.43. The topological polar surface area (TPSA) is 44.8 Å². The SMILES string of the molecule is O=C(OC[C@@H]1COc2ccccc2O1)c1ccccc1. The molecule has 0 saturated heterocycles. The third-order valence-corrected chi connectivity index (χ3v) is 2.98. The lowest BCUT2D eigenvalue weighted by molar-refractivity contribution is 0.0110. The number of hydrogen-bond acceptors (Lipinski definition) is 4. The van der Waals surface area contributed by atoms with E-state index < -0.39 is 0 Å². The van der Waals surface area contributed by atoms with E-state index in [1.54, 1.807) is 24.3 Å². The fourth-order valence-electron chi connectivity index (χ4n) is 1.97. The Hall–Kier alpha value is -2.49. The molecule has 0 N–H and O–H groups in total. The molecule has 0 aliphatic carbocycles. The fraction of sp³-hybridized carbons (Fsp3) is 0.188. The molecule has 0 fully saturated rings. The van der Waals surface area contributed by atoms with Crippen molar-refractivity contribution >= 4 is 5.97 Å². The molecular weight excluding hydrogens is 256 g/mol. The third-order valence-electron chi connectivity index (χ3n) is 2.98. The van der Waals surface area contributed by atoms with Gasteiger partial charge in [0.25, 0.3) is 0 Å². The second-order valence-electron chi connectivity index (χ2n) is 4.46. The highest BCUT2D eigenvalue weighted by Crippen LogP contribution is 2.30. The Morgan fingerprint density at radius 1 is 1.05 bits per heavy atom. The summed E-state index contributed by atoms with van der Waals surface area (Å²) < 4.78 is 16.5. The van der Waals surface area contributed by atoms with Crippen LogP contribution in [-0.2, 0) is 4.74 Å². The number of fused-ring (bicyclic) bond motifs is 1. The quantitative estimate of drug-likeness (QED) is 0.804. The molecule has 1 heterocycles. The van der Waals surface area contributed by atoms with E-state index in [0.29, 0.717) is 17.9 Å². The van der Waals surface area contributed by atoms with E-state index >= 15 is 0 Å². The molecule has 2 aromatic carbocycles. The number of para-hydroxylation sites is 2. The Morgan fingerprint density at radius 3 is 2.55 bits per heavy atom. The summed E-state index contributed by atoms with van der Waals surface area (Å²) in [5, 5.41) is 0. The zero-order valence-corrected chi connectivity index (χ0v) is 10.8. The van der Waals surface area contributed by atoms with Gasteiger partial charge in [0.15, 0.2) is 17.6 Å². The number of hydrogen-bond donors (Lipinski definition) is 0. The van der Waals surface area contributed by atoms with Gasteiger partial charge in [-0.05, 0) is 24.3 Å². The average molecular weight is 270 g/mol. The molecule has 0 aromatic heterocycles. The van der Waals surface area contributed by atoms with Crippen molar-refractivity contribution in [2.45, 2.75) is 6.10 Å². The van der Waals surface area contributed by atoms with Gasteiger partial charge < -0.3 is 14.2 Å². The maximum Gasteiger partial charge on any atom is 0.338 e. The van der Waals surface area contributed by atoms with Crippen LogP contribution >= 0.6 is 0 Å². The maximum atomic E-state index is 11.8. The van der Waals surface area contributed by atoms with E-state index in [0.717, 1.165) is 5.75 Å². The standard InChI is InChI=1S/C16H14O4/c17-16(12-6-2-1-3-7-12)19-11-13-10-18-14-8-4-5-9-15(14)20-13/h1-9,13H,10-11H2/t13-/m0/s1. The molecule has 4 heteroatoms. The zero-order chi connectivity index (χ0) is 13.8. The second-order valence-corrected chi connectivity index (χ2v) is 4.46. The first-order valence-corrected chi connectivity index (χ1v) is 6.43. The van der Waals surface area contributed by atoms with Gasteiger partial charge in [-0.3, -0.25) is 0 Å². The number of benzene rings is 2. The summed E-state index contributed by atoms with van der Waals surface area (Å²) in [7, 11) is 0. The predicted octanol–water partition coefficient (Wildman–Crippen LogP) is 2.68. The molecule has 0 saturated carbocycles. The van der Waals surface area contributed by atoms with Crippen molar-refractivity contribution in [2.75, 3.05) is 13.2 Å². The van der Waals surface area contributed by atoms with Crippen LogP contribution in [0.3, 0.4) is 0 Å². The van der Waals surface area contributed by atoms with Gasteiger partial charge in [0.05, 0.1) is 5.56 Å². The van der Waals surface area contributed by atoms with Crippen molar-refractivity contribution in [3.63, 3.8) is 0 Å². The lowest BCUT2D eigenvalue weighted by atomic mass is 10.2. The first kappa shape index (κ1) is 12.5. The minimum absolute atomic E-state index is 0.169. The van der Waals surface area contributed by atoms with Crippen LogP contribution in [0.1, 0.15) is 10.4 Å². The highest BCUT2D eigenvalue weighted by molar-refractivity contribution is 5.89. The van der Waals surface area contributed by atoms with E-state index in [4.69, 9.17) is 14.2 Å². The molecule has 1 atom stereocenters. The lowest BCUT2D eigenvalue weighted by Gasteiger charge is -2.26. The largest absolute Gasteiger partial charge is 0.486 e. The Balaban J connectivity index is 1.57. The van der Waals surface area contributed by atoms with Crippen molar-refractivity contribution < 1.29 is 19.0 Å². The minimum atomic E-state index is -0.354. The Labute approximate surface area is 116 Å².